The van der Waals surface area contributed by atoms with Gasteiger partial charge in [0.2, 0.25) is 5.91 Å². The number of likely N-dealkylation sites (N-methyl/N-ethyl adjacent to an activating group) is 1. The summed E-state index contributed by atoms with van der Waals surface area (Å²) in [5.41, 5.74) is 2.63. The Hall–Kier alpha value is -4.69. The van der Waals surface area contributed by atoms with Crippen LogP contribution in [0.3, 0.4) is 0 Å². The highest BCUT2D eigenvalue weighted by molar-refractivity contribution is 5.91. The molecule has 11 heteroatoms. The first-order valence-electron chi connectivity index (χ1n) is 14.7. The molecule has 0 saturated carbocycles. The van der Waals surface area contributed by atoms with Crippen LogP contribution in [0.1, 0.15) is 30.5 Å². The molecule has 2 aliphatic heterocycles. The first-order valence-corrected chi connectivity index (χ1v) is 14.7. The molecule has 0 N–H and O–H groups in total. The lowest BCUT2D eigenvalue weighted by atomic mass is 10.0. The van der Waals surface area contributed by atoms with E-state index in [1.165, 1.54) is 6.08 Å². The van der Waals surface area contributed by atoms with Crippen molar-refractivity contribution >= 4 is 28.1 Å². The number of rotatable bonds is 9. The third-order valence-corrected chi connectivity index (χ3v) is 8.60. The van der Waals surface area contributed by atoms with Crippen LogP contribution in [-0.4, -0.2) is 94.3 Å². The Bertz CT molecular complexity index is 1700. The van der Waals surface area contributed by atoms with Gasteiger partial charge in [-0.15, -0.1) is 5.10 Å². The summed E-state index contributed by atoms with van der Waals surface area (Å²) in [6.45, 7) is 6.60. The van der Waals surface area contributed by atoms with E-state index in [1.54, 1.807) is 12.0 Å². The fraction of sp³-hybridized carbons (Fsp3) is 0.406. The summed E-state index contributed by atoms with van der Waals surface area (Å²) >= 11 is 0. The number of likely N-dealkylation sites (tertiary alicyclic amines) is 1. The van der Waals surface area contributed by atoms with Crippen LogP contribution >= 0.6 is 0 Å². The summed E-state index contributed by atoms with van der Waals surface area (Å²) in [5, 5.41) is 16.5. The topological polar surface area (TPSA) is 112 Å². The van der Waals surface area contributed by atoms with Gasteiger partial charge in [0, 0.05) is 37.5 Å². The number of fused-ring (bicyclic) bond motifs is 2. The summed E-state index contributed by atoms with van der Waals surface area (Å²) < 4.78 is 13.7. The van der Waals surface area contributed by atoms with Gasteiger partial charge in [-0.25, -0.2) is 9.50 Å². The van der Waals surface area contributed by atoms with Crippen molar-refractivity contribution in [3.8, 4) is 17.8 Å². The van der Waals surface area contributed by atoms with Gasteiger partial charge in [-0.1, -0.05) is 36.9 Å². The van der Waals surface area contributed by atoms with Crippen molar-refractivity contribution in [2.45, 2.75) is 37.8 Å². The molecule has 6 rings (SSSR count). The monoisotopic (exact) mass is 580 g/mol. The van der Waals surface area contributed by atoms with E-state index in [0.717, 1.165) is 47.2 Å². The number of benzene rings is 2. The zero-order valence-electron chi connectivity index (χ0n) is 24.6. The van der Waals surface area contributed by atoms with Crippen molar-refractivity contribution in [2.75, 3.05) is 51.8 Å². The van der Waals surface area contributed by atoms with Crippen LogP contribution < -0.4 is 14.4 Å². The molecule has 0 radical (unpaired) electrons. The van der Waals surface area contributed by atoms with Gasteiger partial charge in [0.15, 0.2) is 11.5 Å². The van der Waals surface area contributed by atoms with Gasteiger partial charge >= 0.3 is 6.01 Å². The molecule has 4 aromatic rings. The zero-order valence-corrected chi connectivity index (χ0v) is 24.6. The van der Waals surface area contributed by atoms with E-state index in [4.69, 9.17) is 24.5 Å². The number of amides is 1. The summed E-state index contributed by atoms with van der Waals surface area (Å²) in [6, 6.07) is 14.8. The third-order valence-electron chi connectivity index (χ3n) is 8.60. The minimum atomic E-state index is -0.295. The van der Waals surface area contributed by atoms with Gasteiger partial charge in [0.05, 0.1) is 37.5 Å². The number of carbonyl (C=O) groups is 1. The Morgan fingerprint density at radius 1 is 1.16 bits per heavy atom. The minimum Gasteiger partial charge on any atom is -0.496 e. The van der Waals surface area contributed by atoms with E-state index in [-0.39, 0.29) is 24.4 Å². The Balaban J connectivity index is 1.38. The maximum Gasteiger partial charge on any atom is 0.336 e. The Morgan fingerprint density at radius 2 is 2.00 bits per heavy atom. The molecule has 0 spiro atoms. The summed E-state index contributed by atoms with van der Waals surface area (Å²) in [7, 11) is 3.80. The molecule has 2 aromatic heterocycles. The molecule has 2 unspecified atom stereocenters. The Kier molecular flexibility index (Phi) is 8.11. The highest BCUT2D eigenvalue weighted by Crippen LogP contribution is 2.31. The number of nitriles is 1. The number of methoxy groups -OCH3 is 1. The second-order valence-electron chi connectivity index (χ2n) is 11.1. The van der Waals surface area contributed by atoms with Crippen LogP contribution in [0.4, 0.5) is 5.82 Å². The van der Waals surface area contributed by atoms with Crippen LogP contribution in [0.2, 0.25) is 0 Å². The predicted molar refractivity (Wildman–Crippen MR) is 163 cm³/mol. The lowest BCUT2D eigenvalue weighted by Gasteiger charge is -2.40. The number of hydrogen-bond acceptors (Lipinski definition) is 9. The minimum absolute atomic E-state index is 0.174. The van der Waals surface area contributed by atoms with E-state index in [0.29, 0.717) is 50.2 Å². The largest absolute Gasteiger partial charge is 0.496 e. The van der Waals surface area contributed by atoms with Gasteiger partial charge in [-0.2, -0.15) is 10.2 Å². The maximum absolute atomic E-state index is 12.5. The number of ether oxygens (including phenoxy) is 2. The molecular formula is C32H36N8O3. The van der Waals surface area contributed by atoms with E-state index in [1.807, 2.05) is 28.9 Å². The quantitative estimate of drug-likeness (QED) is 0.275. The van der Waals surface area contributed by atoms with Crippen LogP contribution in [-0.2, 0) is 11.2 Å². The van der Waals surface area contributed by atoms with Gasteiger partial charge in [0.25, 0.3) is 0 Å². The fourth-order valence-corrected chi connectivity index (χ4v) is 6.24. The van der Waals surface area contributed by atoms with Gasteiger partial charge < -0.3 is 24.2 Å². The SMILES string of the molecule is C=CC(=O)N1CCN(c2nc(OCC3CCCN3C)nn3c(Cc4ccc(OC)c5ccccc45)cnc23)CC1CC#N. The lowest BCUT2D eigenvalue weighted by Crippen LogP contribution is -2.55. The number of nitrogens with zero attached hydrogens (tertiary/aromatic N) is 8. The van der Waals surface area contributed by atoms with E-state index in [2.05, 4.69) is 47.7 Å². The molecule has 2 atom stereocenters. The molecule has 2 fully saturated rings. The first kappa shape index (κ1) is 28.4. The van der Waals surface area contributed by atoms with Gasteiger partial charge in [-0.3, -0.25) is 4.79 Å². The van der Waals surface area contributed by atoms with Gasteiger partial charge in [-0.05, 0) is 49.5 Å². The van der Waals surface area contributed by atoms with Crippen molar-refractivity contribution in [1.82, 2.24) is 29.4 Å². The molecule has 1 amide bonds. The van der Waals surface area contributed by atoms with Crippen LogP contribution in [0.25, 0.3) is 16.4 Å². The highest BCUT2D eigenvalue weighted by Gasteiger charge is 2.32. The van der Waals surface area contributed by atoms with Crippen molar-refractivity contribution in [2.24, 2.45) is 0 Å². The summed E-state index contributed by atoms with van der Waals surface area (Å²) in [4.78, 5) is 28.3. The Labute approximate surface area is 250 Å². The standard InChI is InChI=1S/C32H36N8O3/c1-4-29(41)39-17-16-38(20-23(39)13-14-33)31-30-34-19-25(18-22-11-12-28(42-3)27-10-6-5-9-26(22)27)40(30)36-32(35-31)43-21-24-8-7-15-37(24)2/h4-6,9-12,19,23-24H,1,7-8,13,15-18,20-21H2,2-3H3. The molecule has 43 heavy (non-hydrogen) atoms. The van der Waals surface area contributed by atoms with Crippen LogP contribution in [0, 0.1) is 11.3 Å². The molecular weight excluding hydrogens is 544 g/mol. The van der Waals surface area contributed by atoms with Crippen LogP contribution in [0.5, 0.6) is 11.8 Å². The first-order chi connectivity index (χ1) is 21.0. The second-order valence-corrected chi connectivity index (χ2v) is 11.1. The second kappa shape index (κ2) is 12.3. The third kappa shape index (κ3) is 5.58. The number of hydrogen-bond donors (Lipinski definition) is 0. The molecule has 2 aliphatic rings. The number of aromatic nitrogens is 4. The van der Waals surface area contributed by atoms with Crippen molar-refractivity contribution in [3.63, 3.8) is 0 Å². The van der Waals surface area contributed by atoms with Crippen molar-refractivity contribution in [3.05, 3.63) is 66.5 Å². The molecule has 11 nitrogen and oxygen atoms in total. The van der Waals surface area contributed by atoms with Crippen LogP contribution in [0.15, 0.2) is 55.3 Å². The fourth-order valence-electron chi connectivity index (χ4n) is 6.24. The van der Waals surface area contributed by atoms with Gasteiger partial charge in [0.1, 0.15) is 12.4 Å². The molecule has 0 bridgehead atoms. The number of imidazole rings is 1. The van der Waals surface area contributed by atoms with Crippen molar-refractivity contribution in [1.29, 1.82) is 5.26 Å². The van der Waals surface area contributed by atoms with Crippen molar-refractivity contribution < 1.29 is 14.3 Å². The van der Waals surface area contributed by atoms with E-state index in [9.17, 15) is 10.1 Å². The smallest absolute Gasteiger partial charge is 0.336 e. The van der Waals surface area contributed by atoms with E-state index < -0.39 is 0 Å². The molecule has 222 valence electrons. The average molecular weight is 581 g/mol. The molecule has 2 aromatic carbocycles. The zero-order chi connectivity index (χ0) is 29.9. The predicted octanol–water partition coefficient (Wildman–Crippen LogP) is 3.47. The summed E-state index contributed by atoms with van der Waals surface area (Å²) in [5.74, 6) is 1.28. The number of anilines is 1. The normalized spacial score (nSPS) is 19.1. The lowest BCUT2D eigenvalue weighted by molar-refractivity contribution is -0.128. The van der Waals surface area contributed by atoms with E-state index >= 15 is 0 Å². The Morgan fingerprint density at radius 3 is 2.74 bits per heavy atom. The number of piperazine rings is 1. The number of carbonyl (C=O) groups excluding carboxylic acids is 1. The molecule has 4 heterocycles. The average Bonchev–Trinajstić information content (AvgIpc) is 3.64. The maximum atomic E-state index is 12.5. The summed E-state index contributed by atoms with van der Waals surface area (Å²) in [6.07, 6.45) is 6.15. The molecule has 2 saturated heterocycles. The molecule has 0 aliphatic carbocycles. The highest BCUT2D eigenvalue weighted by atomic mass is 16.5.